The number of ether oxygens (including phenoxy) is 1. The highest BCUT2D eigenvalue weighted by molar-refractivity contribution is 5.40. The number of benzene rings is 1. The summed E-state index contributed by atoms with van der Waals surface area (Å²) in [5.41, 5.74) is 8.19. The number of hydrogen-bond acceptors (Lipinski definition) is 3. The standard InChI is InChI=1S/C17H27NO2/c1-11-7-8-16(20-3)14(9-11)15(10-18)17(19)13-6-4-5-12(13)2/h7-9,12-13,15,17,19H,4-6,10,18H2,1-3H3. The Morgan fingerprint density at radius 1 is 1.40 bits per heavy atom. The molecule has 0 saturated heterocycles. The third-order valence-corrected chi connectivity index (χ3v) is 4.82. The highest BCUT2D eigenvalue weighted by atomic mass is 16.5. The van der Waals surface area contributed by atoms with Crippen molar-refractivity contribution in [1.82, 2.24) is 0 Å². The second-order valence-electron chi connectivity index (χ2n) is 6.15. The summed E-state index contributed by atoms with van der Waals surface area (Å²) in [7, 11) is 1.67. The molecule has 3 N–H and O–H groups in total. The van der Waals surface area contributed by atoms with Crippen molar-refractivity contribution in [3.05, 3.63) is 29.3 Å². The van der Waals surface area contributed by atoms with Gasteiger partial charge in [0.2, 0.25) is 0 Å². The highest BCUT2D eigenvalue weighted by Crippen LogP contribution is 2.40. The number of methoxy groups -OCH3 is 1. The maximum Gasteiger partial charge on any atom is 0.122 e. The van der Waals surface area contributed by atoms with Gasteiger partial charge in [-0.1, -0.05) is 37.5 Å². The first-order valence-electron chi connectivity index (χ1n) is 7.61. The summed E-state index contributed by atoms with van der Waals surface area (Å²) in [6, 6.07) is 6.10. The van der Waals surface area contributed by atoms with Crippen LogP contribution in [0, 0.1) is 18.8 Å². The molecule has 1 fully saturated rings. The molecule has 1 saturated carbocycles. The lowest BCUT2D eigenvalue weighted by Gasteiger charge is -2.30. The van der Waals surface area contributed by atoms with E-state index in [2.05, 4.69) is 19.9 Å². The van der Waals surface area contributed by atoms with Crippen LogP contribution in [-0.2, 0) is 0 Å². The predicted molar refractivity (Wildman–Crippen MR) is 82.0 cm³/mol. The van der Waals surface area contributed by atoms with Gasteiger partial charge < -0.3 is 15.6 Å². The summed E-state index contributed by atoms with van der Waals surface area (Å²) < 4.78 is 5.46. The molecule has 1 aromatic carbocycles. The molecule has 1 aromatic rings. The number of aliphatic hydroxyl groups excluding tert-OH is 1. The van der Waals surface area contributed by atoms with Gasteiger partial charge in [0.05, 0.1) is 13.2 Å². The van der Waals surface area contributed by atoms with Crippen LogP contribution in [0.1, 0.15) is 43.2 Å². The maximum absolute atomic E-state index is 10.8. The van der Waals surface area contributed by atoms with Crippen LogP contribution in [-0.4, -0.2) is 24.9 Å². The normalized spacial score (nSPS) is 25.4. The second kappa shape index (κ2) is 6.59. The Hall–Kier alpha value is -1.06. The van der Waals surface area contributed by atoms with E-state index in [9.17, 15) is 5.11 Å². The summed E-state index contributed by atoms with van der Waals surface area (Å²) >= 11 is 0. The van der Waals surface area contributed by atoms with Gasteiger partial charge in [-0.3, -0.25) is 0 Å². The largest absolute Gasteiger partial charge is 0.496 e. The molecule has 3 heteroatoms. The van der Waals surface area contributed by atoms with Gasteiger partial charge in [0, 0.05) is 18.0 Å². The maximum atomic E-state index is 10.8. The molecule has 0 spiro atoms. The van der Waals surface area contributed by atoms with Crippen molar-refractivity contribution in [1.29, 1.82) is 0 Å². The van der Waals surface area contributed by atoms with Crippen LogP contribution in [0.4, 0.5) is 0 Å². The van der Waals surface area contributed by atoms with Gasteiger partial charge in [0.1, 0.15) is 5.75 Å². The first kappa shape index (κ1) is 15.3. The Labute approximate surface area is 122 Å². The van der Waals surface area contributed by atoms with Crippen LogP contribution in [0.5, 0.6) is 5.75 Å². The molecule has 2 rings (SSSR count). The Balaban J connectivity index is 2.29. The molecule has 20 heavy (non-hydrogen) atoms. The van der Waals surface area contributed by atoms with Gasteiger partial charge in [0.25, 0.3) is 0 Å². The molecular weight excluding hydrogens is 250 g/mol. The quantitative estimate of drug-likeness (QED) is 0.870. The summed E-state index contributed by atoms with van der Waals surface area (Å²) in [5, 5.41) is 10.8. The van der Waals surface area contributed by atoms with E-state index in [0.717, 1.165) is 17.7 Å². The molecule has 0 radical (unpaired) electrons. The van der Waals surface area contributed by atoms with Crippen molar-refractivity contribution in [3.63, 3.8) is 0 Å². The monoisotopic (exact) mass is 277 g/mol. The van der Waals surface area contributed by atoms with Crippen molar-refractivity contribution in [3.8, 4) is 5.75 Å². The van der Waals surface area contributed by atoms with E-state index in [0.29, 0.717) is 18.4 Å². The van der Waals surface area contributed by atoms with Crippen molar-refractivity contribution in [2.75, 3.05) is 13.7 Å². The molecule has 0 heterocycles. The topological polar surface area (TPSA) is 55.5 Å². The van der Waals surface area contributed by atoms with E-state index < -0.39 is 0 Å². The second-order valence-corrected chi connectivity index (χ2v) is 6.15. The van der Waals surface area contributed by atoms with E-state index in [4.69, 9.17) is 10.5 Å². The zero-order chi connectivity index (χ0) is 14.7. The van der Waals surface area contributed by atoms with E-state index >= 15 is 0 Å². The summed E-state index contributed by atoms with van der Waals surface area (Å²) in [6.45, 7) is 4.74. The third-order valence-electron chi connectivity index (χ3n) is 4.82. The van der Waals surface area contributed by atoms with E-state index in [1.807, 2.05) is 12.1 Å². The third kappa shape index (κ3) is 2.99. The Morgan fingerprint density at radius 3 is 2.70 bits per heavy atom. The summed E-state index contributed by atoms with van der Waals surface area (Å²) in [5.74, 6) is 1.72. The van der Waals surface area contributed by atoms with Gasteiger partial charge in [-0.15, -0.1) is 0 Å². The lowest BCUT2D eigenvalue weighted by molar-refractivity contribution is 0.0657. The van der Waals surface area contributed by atoms with Crippen LogP contribution in [0.25, 0.3) is 0 Å². The van der Waals surface area contributed by atoms with Gasteiger partial charge >= 0.3 is 0 Å². The minimum absolute atomic E-state index is 0.0459. The molecule has 112 valence electrons. The van der Waals surface area contributed by atoms with Gasteiger partial charge in [-0.2, -0.15) is 0 Å². The van der Waals surface area contributed by atoms with Crippen molar-refractivity contribution >= 4 is 0 Å². The Kier molecular flexibility index (Phi) is 5.06. The number of rotatable bonds is 5. The number of aryl methyl sites for hydroxylation is 1. The first-order valence-corrected chi connectivity index (χ1v) is 7.61. The van der Waals surface area contributed by atoms with Crippen LogP contribution in [0.3, 0.4) is 0 Å². The molecule has 4 unspecified atom stereocenters. The molecule has 3 nitrogen and oxygen atoms in total. The smallest absolute Gasteiger partial charge is 0.122 e. The highest BCUT2D eigenvalue weighted by Gasteiger charge is 2.35. The molecule has 0 aliphatic heterocycles. The number of hydrogen-bond donors (Lipinski definition) is 2. The van der Waals surface area contributed by atoms with Crippen LogP contribution in [0.15, 0.2) is 18.2 Å². The average molecular weight is 277 g/mol. The van der Waals surface area contributed by atoms with Gasteiger partial charge in [-0.05, 0) is 31.2 Å². The van der Waals surface area contributed by atoms with Crippen LogP contribution in [0.2, 0.25) is 0 Å². The molecule has 1 aliphatic rings. The zero-order valence-electron chi connectivity index (χ0n) is 12.8. The summed E-state index contributed by atoms with van der Waals surface area (Å²) in [4.78, 5) is 0. The summed E-state index contributed by atoms with van der Waals surface area (Å²) in [6.07, 6.45) is 3.15. The fourth-order valence-electron chi connectivity index (χ4n) is 3.57. The Bertz CT molecular complexity index is 447. The number of nitrogens with two attached hydrogens (primary N) is 1. The predicted octanol–water partition coefficient (Wildman–Crippen LogP) is 2.84. The fraction of sp³-hybridized carbons (Fsp3) is 0.647. The van der Waals surface area contributed by atoms with Crippen molar-refractivity contribution < 1.29 is 9.84 Å². The van der Waals surface area contributed by atoms with Gasteiger partial charge in [0.15, 0.2) is 0 Å². The minimum Gasteiger partial charge on any atom is -0.496 e. The van der Waals surface area contributed by atoms with Crippen LogP contribution < -0.4 is 10.5 Å². The van der Waals surface area contributed by atoms with E-state index in [1.165, 1.54) is 18.4 Å². The van der Waals surface area contributed by atoms with Crippen LogP contribution >= 0.6 is 0 Å². The van der Waals surface area contributed by atoms with E-state index in [1.54, 1.807) is 7.11 Å². The lowest BCUT2D eigenvalue weighted by Crippen LogP contribution is -2.34. The average Bonchev–Trinajstić information content (AvgIpc) is 2.86. The molecule has 1 aliphatic carbocycles. The van der Waals surface area contributed by atoms with Crippen molar-refractivity contribution in [2.45, 2.75) is 45.1 Å². The fourth-order valence-corrected chi connectivity index (χ4v) is 3.57. The lowest BCUT2D eigenvalue weighted by atomic mass is 9.80. The minimum atomic E-state index is -0.381. The molecular formula is C17H27NO2. The van der Waals surface area contributed by atoms with Crippen molar-refractivity contribution in [2.24, 2.45) is 17.6 Å². The molecule has 4 atom stereocenters. The van der Waals surface area contributed by atoms with E-state index in [-0.39, 0.29) is 12.0 Å². The SMILES string of the molecule is COc1ccc(C)cc1C(CN)C(O)C1CCCC1C. The molecule has 0 bridgehead atoms. The number of aliphatic hydroxyl groups is 1. The first-order chi connectivity index (χ1) is 9.58. The Morgan fingerprint density at radius 2 is 2.15 bits per heavy atom. The molecule has 0 aromatic heterocycles. The van der Waals surface area contributed by atoms with Gasteiger partial charge in [-0.25, -0.2) is 0 Å². The molecule has 0 amide bonds. The zero-order valence-corrected chi connectivity index (χ0v) is 12.8.